The van der Waals surface area contributed by atoms with Gasteiger partial charge in [-0.25, -0.2) is 4.79 Å². The summed E-state index contributed by atoms with van der Waals surface area (Å²) in [5.41, 5.74) is 1.34. The Morgan fingerprint density at radius 2 is 2.00 bits per heavy atom. The van der Waals surface area contributed by atoms with Crippen LogP contribution in [0.15, 0.2) is 34.8 Å². The summed E-state index contributed by atoms with van der Waals surface area (Å²) >= 11 is 3.39. The lowest BCUT2D eigenvalue weighted by molar-refractivity contribution is 0.0697. The van der Waals surface area contributed by atoms with Gasteiger partial charge >= 0.3 is 5.97 Å². The van der Waals surface area contributed by atoms with Gasteiger partial charge in [0.25, 0.3) is 0 Å². The van der Waals surface area contributed by atoms with Crippen molar-refractivity contribution in [2.75, 3.05) is 18.0 Å². The second-order valence-electron chi connectivity index (χ2n) is 3.35. The number of benzene rings is 1. The first-order valence-corrected chi connectivity index (χ1v) is 5.40. The highest BCUT2D eigenvalue weighted by atomic mass is 79.9. The molecule has 0 saturated carbocycles. The SMILES string of the molecule is O=C(O)c1ccc(N2CC=CC2)c(Br)c1. The van der Waals surface area contributed by atoms with E-state index in [4.69, 9.17) is 5.11 Å². The first-order chi connectivity index (χ1) is 7.18. The normalized spacial score (nSPS) is 14.6. The third kappa shape index (κ3) is 2.04. The molecule has 15 heavy (non-hydrogen) atoms. The molecule has 0 radical (unpaired) electrons. The summed E-state index contributed by atoms with van der Waals surface area (Å²) in [6.45, 7) is 1.76. The number of rotatable bonds is 2. The van der Waals surface area contributed by atoms with Crippen LogP contribution in [0.3, 0.4) is 0 Å². The lowest BCUT2D eigenvalue weighted by Gasteiger charge is -2.19. The number of hydrogen-bond donors (Lipinski definition) is 1. The molecule has 0 unspecified atom stereocenters. The van der Waals surface area contributed by atoms with Crippen LogP contribution >= 0.6 is 15.9 Å². The first kappa shape index (κ1) is 10.2. The van der Waals surface area contributed by atoms with Crippen molar-refractivity contribution in [1.29, 1.82) is 0 Å². The van der Waals surface area contributed by atoms with E-state index in [1.807, 2.05) is 6.07 Å². The Kier molecular flexibility index (Phi) is 2.77. The Morgan fingerprint density at radius 3 is 2.53 bits per heavy atom. The Labute approximate surface area is 96.1 Å². The van der Waals surface area contributed by atoms with E-state index >= 15 is 0 Å². The number of anilines is 1. The van der Waals surface area contributed by atoms with Gasteiger partial charge in [-0.3, -0.25) is 0 Å². The van der Waals surface area contributed by atoms with E-state index in [0.29, 0.717) is 5.56 Å². The lowest BCUT2D eigenvalue weighted by Crippen LogP contribution is -2.19. The molecular weight excluding hydrogens is 258 g/mol. The third-order valence-electron chi connectivity index (χ3n) is 2.35. The minimum Gasteiger partial charge on any atom is -0.478 e. The fourth-order valence-electron chi connectivity index (χ4n) is 1.57. The summed E-state index contributed by atoms with van der Waals surface area (Å²) in [6, 6.07) is 5.09. The molecule has 4 heteroatoms. The monoisotopic (exact) mass is 267 g/mol. The number of carboxylic acids is 1. The summed E-state index contributed by atoms with van der Waals surface area (Å²) in [5.74, 6) is -0.901. The minimum absolute atomic E-state index is 0.304. The van der Waals surface area contributed by atoms with Gasteiger partial charge in [-0.15, -0.1) is 0 Å². The van der Waals surface area contributed by atoms with Gasteiger partial charge in [0.1, 0.15) is 0 Å². The van der Waals surface area contributed by atoms with Gasteiger partial charge in [-0.2, -0.15) is 0 Å². The predicted octanol–water partition coefficient (Wildman–Crippen LogP) is 2.52. The summed E-state index contributed by atoms with van der Waals surface area (Å²) in [7, 11) is 0. The van der Waals surface area contributed by atoms with Crippen LogP contribution in [0.2, 0.25) is 0 Å². The molecule has 1 aliphatic heterocycles. The number of halogens is 1. The Hall–Kier alpha value is -1.29. The van der Waals surface area contributed by atoms with Crippen LogP contribution in [-0.2, 0) is 0 Å². The maximum Gasteiger partial charge on any atom is 0.335 e. The molecule has 0 bridgehead atoms. The molecular formula is C11H10BrNO2. The Balaban J connectivity index is 2.30. The number of nitrogens with zero attached hydrogens (tertiary/aromatic N) is 1. The van der Waals surface area contributed by atoms with E-state index in [2.05, 4.69) is 33.0 Å². The average molecular weight is 268 g/mol. The van der Waals surface area contributed by atoms with Crippen molar-refractivity contribution in [3.05, 3.63) is 40.4 Å². The van der Waals surface area contributed by atoms with Crippen LogP contribution in [-0.4, -0.2) is 24.2 Å². The van der Waals surface area contributed by atoms with E-state index in [-0.39, 0.29) is 0 Å². The van der Waals surface area contributed by atoms with E-state index in [0.717, 1.165) is 23.2 Å². The van der Waals surface area contributed by atoms with Crippen LogP contribution in [0.4, 0.5) is 5.69 Å². The van der Waals surface area contributed by atoms with Crippen LogP contribution in [0, 0.1) is 0 Å². The maximum atomic E-state index is 10.7. The minimum atomic E-state index is -0.901. The molecule has 0 spiro atoms. The van der Waals surface area contributed by atoms with Crippen LogP contribution in [0.25, 0.3) is 0 Å². The average Bonchev–Trinajstić information content (AvgIpc) is 2.70. The fraction of sp³-hybridized carbons (Fsp3) is 0.182. The van der Waals surface area contributed by atoms with E-state index in [9.17, 15) is 4.79 Å². The lowest BCUT2D eigenvalue weighted by atomic mass is 10.2. The predicted molar refractivity (Wildman–Crippen MR) is 62.5 cm³/mol. The Morgan fingerprint density at radius 1 is 1.33 bits per heavy atom. The molecule has 1 aromatic carbocycles. The van der Waals surface area contributed by atoms with Gasteiger partial charge in [0.05, 0.1) is 11.3 Å². The molecule has 0 saturated heterocycles. The van der Waals surface area contributed by atoms with Gasteiger partial charge in [0.2, 0.25) is 0 Å². The van der Waals surface area contributed by atoms with Crippen molar-refractivity contribution >= 4 is 27.6 Å². The second kappa shape index (κ2) is 4.06. The van der Waals surface area contributed by atoms with E-state index < -0.39 is 5.97 Å². The standard InChI is InChI=1S/C11H10BrNO2/c12-9-7-8(11(14)15)3-4-10(9)13-5-1-2-6-13/h1-4,7H,5-6H2,(H,14,15). The number of aromatic carboxylic acids is 1. The smallest absolute Gasteiger partial charge is 0.335 e. The van der Waals surface area contributed by atoms with Crippen molar-refractivity contribution < 1.29 is 9.90 Å². The molecule has 1 N–H and O–H groups in total. The van der Waals surface area contributed by atoms with Crippen molar-refractivity contribution in [2.45, 2.75) is 0 Å². The summed E-state index contributed by atoms with van der Waals surface area (Å²) in [6.07, 6.45) is 4.19. The highest BCUT2D eigenvalue weighted by molar-refractivity contribution is 9.10. The van der Waals surface area contributed by atoms with Crippen molar-refractivity contribution in [1.82, 2.24) is 0 Å². The highest BCUT2D eigenvalue weighted by Gasteiger charge is 2.12. The van der Waals surface area contributed by atoms with Crippen molar-refractivity contribution in [2.24, 2.45) is 0 Å². The van der Waals surface area contributed by atoms with Gasteiger partial charge in [0, 0.05) is 17.6 Å². The van der Waals surface area contributed by atoms with Crippen LogP contribution < -0.4 is 4.90 Å². The number of carboxylic acid groups (broad SMARTS) is 1. The topological polar surface area (TPSA) is 40.5 Å². The van der Waals surface area contributed by atoms with Gasteiger partial charge in [-0.1, -0.05) is 12.2 Å². The summed E-state index contributed by atoms with van der Waals surface area (Å²) < 4.78 is 0.825. The largest absolute Gasteiger partial charge is 0.478 e. The summed E-state index contributed by atoms with van der Waals surface area (Å²) in [5, 5.41) is 8.82. The third-order valence-corrected chi connectivity index (χ3v) is 2.99. The van der Waals surface area contributed by atoms with Crippen LogP contribution in [0.5, 0.6) is 0 Å². The first-order valence-electron chi connectivity index (χ1n) is 4.61. The number of hydrogen-bond acceptors (Lipinski definition) is 2. The zero-order chi connectivity index (χ0) is 10.8. The Bertz CT molecular complexity index is 421. The quantitative estimate of drug-likeness (QED) is 0.838. The molecule has 0 fully saturated rings. The van der Waals surface area contributed by atoms with E-state index in [1.165, 1.54) is 0 Å². The molecule has 0 amide bonds. The molecule has 3 nitrogen and oxygen atoms in total. The van der Waals surface area contributed by atoms with Gasteiger partial charge in [-0.05, 0) is 34.1 Å². The molecule has 0 aromatic heterocycles. The molecule has 2 rings (SSSR count). The number of carbonyl (C=O) groups is 1. The molecule has 1 aromatic rings. The van der Waals surface area contributed by atoms with E-state index in [1.54, 1.807) is 12.1 Å². The zero-order valence-corrected chi connectivity index (χ0v) is 9.57. The van der Waals surface area contributed by atoms with Crippen LogP contribution in [0.1, 0.15) is 10.4 Å². The molecule has 1 heterocycles. The molecule has 1 aliphatic rings. The van der Waals surface area contributed by atoms with Gasteiger partial charge in [0.15, 0.2) is 0 Å². The highest BCUT2D eigenvalue weighted by Crippen LogP contribution is 2.28. The summed E-state index contributed by atoms with van der Waals surface area (Å²) in [4.78, 5) is 12.9. The molecule has 78 valence electrons. The van der Waals surface area contributed by atoms with Crippen molar-refractivity contribution in [3.63, 3.8) is 0 Å². The molecule has 0 atom stereocenters. The van der Waals surface area contributed by atoms with Gasteiger partial charge < -0.3 is 10.0 Å². The fourth-order valence-corrected chi connectivity index (χ4v) is 2.20. The van der Waals surface area contributed by atoms with Crippen molar-refractivity contribution in [3.8, 4) is 0 Å². The molecule has 0 aliphatic carbocycles. The second-order valence-corrected chi connectivity index (χ2v) is 4.20. The maximum absolute atomic E-state index is 10.7. The zero-order valence-electron chi connectivity index (χ0n) is 7.98.